The number of nitrogens with zero attached hydrogens (tertiary/aromatic N) is 3. The summed E-state index contributed by atoms with van der Waals surface area (Å²) in [5, 5.41) is 10.7. The summed E-state index contributed by atoms with van der Waals surface area (Å²) in [4.78, 5) is 4.17. The van der Waals surface area contributed by atoms with Crippen LogP contribution in [0.4, 0.5) is 8.78 Å². The highest BCUT2D eigenvalue weighted by Crippen LogP contribution is 2.38. The minimum atomic E-state index is -2.94. The van der Waals surface area contributed by atoms with Crippen LogP contribution >= 0.6 is 0 Å². The predicted molar refractivity (Wildman–Crippen MR) is 98.9 cm³/mol. The topological polar surface area (TPSA) is 81.9 Å². The van der Waals surface area contributed by atoms with Crippen LogP contribution in [0, 0.1) is 13.8 Å². The largest absolute Gasteiger partial charge is 0.454 e. The maximum atomic E-state index is 12.7. The summed E-state index contributed by atoms with van der Waals surface area (Å²) in [7, 11) is 3.53. The van der Waals surface area contributed by atoms with Gasteiger partial charge in [0.15, 0.2) is 17.5 Å². The van der Waals surface area contributed by atoms with Gasteiger partial charge in [-0.3, -0.25) is 9.67 Å². The highest BCUT2D eigenvalue weighted by Gasteiger charge is 2.20. The molecule has 0 unspecified atom stereocenters. The lowest BCUT2D eigenvalue weighted by Gasteiger charge is -2.15. The lowest BCUT2D eigenvalue weighted by atomic mass is 10.1. The first kappa shape index (κ1) is 19.7. The molecular formula is C18H23F2N5O3. The van der Waals surface area contributed by atoms with E-state index in [1.807, 2.05) is 25.6 Å². The Labute approximate surface area is 161 Å². The number of hydrogen-bond donors (Lipinski definition) is 2. The fourth-order valence-corrected chi connectivity index (χ4v) is 2.95. The van der Waals surface area contributed by atoms with E-state index in [1.165, 1.54) is 6.07 Å². The molecule has 0 amide bonds. The molecule has 1 aromatic heterocycles. The fraction of sp³-hybridized carbons (Fsp3) is 0.444. The maximum Gasteiger partial charge on any atom is 0.387 e. The van der Waals surface area contributed by atoms with E-state index in [4.69, 9.17) is 9.47 Å². The van der Waals surface area contributed by atoms with Crippen molar-refractivity contribution in [2.45, 2.75) is 33.5 Å². The van der Waals surface area contributed by atoms with Crippen molar-refractivity contribution < 1.29 is 23.0 Å². The summed E-state index contributed by atoms with van der Waals surface area (Å²) in [6, 6.07) is 3.03. The van der Waals surface area contributed by atoms with Crippen molar-refractivity contribution in [3.8, 4) is 17.2 Å². The number of alkyl halides is 2. The minimum Gasteiger partial charge on any atom is -0.454 e. The monoisotopic (exact) mass is 395 g/mol. The number of fused-ring (bicyclic) bond motifs is 1. The van der Waals surface area contributed by atoms with Crippen LogP contribution < -0.4 is 24.8 Å². The maximum absolute atomic E-state index is 12.7. The summed E-state index contributed by atoms with van der Waals surface area (Å²) in [6.07, 6.45) is 0. The van der Waals surface area contributed by atoms with Gasteiger partial charge in [-0.05, 0) is 19.9 Å². The van der Waals surface area contributed by atoms with Gasteiger partial charge in [0, 0.05) is 50.1 Å². The van der Waals surface area contributed by atoms with E-state index in [0.717, 1.165) is 17.0 Å². The third-order valence-electron chi connectivity index (χ3n) is 4.53. The second-order valence-corrected chi connectivity index (χ2v) is 6.24. The zero-order valence-corrected chi connectivity index (χ0v) is 16.2. The van der Waals surface area contributed by atoms with Crippen LogP contribution in [-0.2, 0) is 20.1 Å². The number of nitrogens with one attached hydrogen (secondary N) is 2. The molecule has 10 heteroatoms. The molecule has 0 radical (unpaired) electrons. The molecule has 3 rings (SSSR count). The molecule has 0 saturated carbocycles. The summed E-state index contributed by atoms with van der Waals surface area (Å²) >= 11 is 0. The van der Waals surface area contributed by atoms with E-state index < -0.39 is 6.61 Å². The molecule has 2 aromatic rings. The van der Waals surface area contributed by atoms with E-state index in [9.17, 15) is 8.78 Å². The summed E-state index contributed by atoms with van der Waals surface area (Å²) in [5.41, 5.74) is 3.58. The highest BCUT2D eigenvalue weighted by molar-refractivity contribution is 5.79. The normalized spacial score (nSPS) is 13.2. The van der Waals surface area contributed by atoms with Crippen LogP contribution in [0.3, 0.4) is 0 Å². The van der Waals surface area contributed by atoms with E-state index in [-0.39, 0.29) is 19.1 Å². The molecule has 1 aliphatic rings. The van der Waals surface area contributed by atoms with Crippen molar-refractivity contribution in [1.82, 2.24) is 20.4 Å². The molecule has 0 fully saturated rings. The number of ether oxygens (including phenoxy) is 3. The molecule has 0 atom stereocenters. The van der Waals surface area contributed by atoms with Crippen LogP contribution in [0.15, 0.2) is 17.1 Å². The van der Waals surface area contributed by atoms with Gasteiger partial charge in [-0.25, -0.2) is 0 Å². The van der Waals surface area contributed by atoms with Crippen molar-refractivity contribution in [2.75, 3.05) is 13.8 Å². The van der Waals surface area contributed by atoms with Gasteiger partial charge >= 0.3 is 6.61 Å². The summed E-state index contributed by atoms with van der Waals surface area (Å²) in [6.45, 7) is 1.80. The van der Waals surface area contributed by atoms with Crippen molar-refractivity contribution >= 4 is 5.96 Å². The average molecular weight is 395 g/mol. The molecule has 2 heterocycles. The van der Waals surface area contributed by atoms with Crippen molar-refractivity contribution in [3.05, 3.63) is 34.6 Å². The van der Waals surface area contributed by atoms with Gasteiger partial charge in [-0.1, -0.05) is 0 Å². The third-order valence-corrected chi connectivity index (χ3v) is 4.53. The number of guanidine groups is 1. The molecule has 0 saturated heterocycles. The number of rotatable bonds is 6. The standard InChI is InChI=1S/C18H23F2N5O3/c1-10-13(11(2)25(4)24-10)8-23-18(21-3)22-7-12-5-15-16(27-9-26-15)6-14(12)28-17(19)20/h5-6,17H,7-9H2,1-4H3,(H2,21,22,23). The Bertz CT molecular complexity index is 883. The Morgan fingerprint density at radius 1 is 1.25 bits per heavy atom. The zero-order chi connectivity index (χ0) is 20.3. The number of hydrogen-bond acceptors (Lipinski definition) is 5. The van der Waals surface area contributed by atoms with Crippen LogP contribution in [0.5, 0.6) is 17.2 Å². The Morgan fingerprint density at radius 3 is 2.54 bits per heavy atom. The SMILES string of the molecule is CN=C(NCc1cc2c(cc1OC(F)F)OCO2)NCc1c(C)nn(C)c1C. The first-order valence-electron chi connectivity index (χ1n) is 8.70. The van der Waals surface area contributed by atoms with Gasteiger partial charge in [-0.15, -0.1) is 0 Å². The Kier molecular flexibility index (Phi) is 5.86. The van der Waals surface area contributed by atoms with E-state index in [1.54, 1.807) is 13.1 Å². The van der Waals surface area contributed by atoms with Crippen LogP contribution in [0.25, 0.3) is 0 Å². The lowest BCUT2D eigenvalue weighted by Crippen LogP contribution is -2.36. The average Bonchev–Trinajstić information content (AvgIpc) is 3.19. The number of halogens is 2. The molecule has 1 aliphatic heterocycles. The van der Waals surface area contributed by atoms with Crippen LogP contribution in [0.1, 0.15) is 22.5 Å². The van der Waals surface area contributed by atoms with E-state index >= 15 is 0 Å². The van der Waals surface area contributed by atoms with Gasteiger partial charge in [0.25, 0.3) is 0 Å². The lowest BCUT2D eigenvalue weighted by molar-refractivity contribution is -0.0505. The van der Waals surface area contributed by atoms with Crippen molar-refractivity contribution in [3.63, 3.8) is 0 Å². The summed E-state index contributed by atoms with van der Waals surface area (Å²) in [5.74, 6) is 1.41. The van der Waals surface area contributed by atoms with E-state index in [2.05, 4.69) is 25.5 Å². The van der Waals surface area contributed by atoms with Gasteiger partial charge in [0.05, 0.1) is 5.69 Å². The number of aliphatic imine (C=N–C) groups is 1. The smallest absolute Gasteiger partial charge is 0.387 e. The highest BCUT2D eigenvalue weighted by atomic mass is 19.3. The molecule has 0 bridgehead atoms. The molecule has 152 valence electrons. The molecule has 28 heavy (non-hydrogen) atoms. The quantitative estimate of drug-likeness (QED) is 0.577. The number of aryl methyl sites for hydroxylation is 2. The first-order chi connectivity index (χ1) is 13.4. The van der Waals surface area contributed by atoms with Crippen LogP contribution in [-0.4, -0.2) is 36.2 Å². The molecule has 0 spiro atoms. The number of benzene rings is 1. The number of aromatic nitrogens is 2. The van der Waals surface area contributed by atoms with Gasteiger partial charge in [-0.2, -0.15) is 13.9 Å². The Balaban J connectivity index is 1.68. The molecule has 8 nitrogen and oxygen atoms in total. The second kappa shape index (κ2) is 8.32. The molecular weight excluding hydrogens is 372 g/mol. The van der Waals surface area contributed by atoms with Gasteiger partial charge in [0.1, 0.15) is 5.75 Å². The third kappa shape index (κ3) is 4.26. The van der Waals surface area contributed by atoms with Gasteiger partial charge in [0.2, 0.25) is 6.79 Å². The fourth-order valence-electron chi connectivity index (χ4n) is 2.95. The Hall–Kier alpha value is -3.04. The molecule has 1 aromatic carbocycles. The first-order valence-corrected chi connectivity index (χ1v) is 8.70. The van der Waals surface area contributed by atoms with Crippen molar-refractivity contribution in [1.29, 1.82) is 0 Å². The van der Waals surface area contributed by atoms with E-state index in [0.29, 0.717) is 29.6 Å². The zero-order valence-electron chi connectivity index (χ0n) is 16.2. The van der Waals surface area contributed by atoms with Crippen molar-refractivity contribution in [2.24, 2.45) is 12.0 Å². The predicted octanol–water partition coefficient (Wildman–Crippen LogP) is 2.23. The molecule has 2 N–H and O–H groups in total. The Morgan fingerprint density at radius 2 is 1.93 bits per heavy atom. The minimum absolute atomic E-state index is 0.0288. The summed E-state index contributed by atoms with van der Waals surface area (Å²) < 4.78 is 42.5. The molecule has 0 aliphatic carbocycles. The van der Waals surface area contributed by atoms with Gasteiger partial charge < -0.3 is 24.8 Å². The van der Waals surface area contributed by atoms with Crippen LogP contribution in [0.2, 0.25) is 0 Å². The second-order valence-electron chi connectivity index (χ2n) is 6.24.